The Morgan fingerprint density at radius 1 is 1.16 bits per heavy atom. The van der Waals surface area contributed by atoms with E-state index >= 15 is 0 Å². The average molecular weight is 382 g/mol. The summed E-state index contributed by atoms with van der Waals surface area (Å²) in [5, 5.41) is 0. The SMILES string of the molecule is CC(=O)O[C@H]1[C@@H]2OC(C)(C)O[C@H]2O[C@H]1[C@@H](COS(C)(=O)=O)OC(C)=O. The van der Waals surface area contributed by atoms with Crippen LogP contribution in [0.15, 0.2) is 0 Å². The lowest BCUT2D eigenvalue weighted by molar-refractivity contribution is -0.233. The third-order valence-electron chi connectivity index (χ3n) is 3.46. The van der Waals surface area contributed by atoms with Gasteiger partial charge in [0, 0.05) is 13.8 Å². The molecule has 2 heterocycles. The molecule has 0 amide bonds. The smallest absolute Gasteiger partial charge is 0.303 e. The Bertz CT molecular complexity index is 628. The second-order valence-electron chi connectivity index (χ2n) is 6.28. The fourth-order valence-electron chi connectivity index (χ4n) is 2.73. The van der Waals surface area contributed by atoms with Gasteiger partial charge in [0.25, 0.3) is 10.1 Å². The van der Waals surface area contributed by atoms with E-state index in [-0.39, 0.29) is 0 Å². The molecule has 0 spiro atoms. The zero-order valence-corrected chi connectivity index (χ0v) is 15.4. The Balaban J connectivity index is 2.22. The van der Waals surface area contributed by atoms with Gasteiger partial charge >= 0.3 is 11.9 Å². The Kier molecular flexibility index (Phi) is 5.74. The topological polar surface area (TPSA) is 124 Å². The van der Waals surface area contributed by atoms with Gasteiger partial charge in [-0.05, 0) is 13.8 Å². The van der Waals surface area contributed by atoms with E-state index in [0.717, 1.165) is 13.2 Å². The molecule has 0 aromatic heterocycles. The lowest BCUT2D eigenvalue weighted by atomic mass is 10.1. The second kappa shape index (κ2) is 7.16. The summed E-state index contributed by atoms with van der Waals surface area (Å²) in [4.78, 5) is 22.8. The van der Waals surface area contributed by atoms with Crippen molar-refractivity contribution in [2.45, 2.75) is 64.2 Å². The van der Waals surface area contributed by atoms with E-state index in [1.165, 1.54) is 6.92 Å². The van der Waals surface area contributed by atoms with E-state index in [4.69, 9.17) is 27.9 Å². The molecule has 0 aromatic rings. The molecule has 0 bridgehead atoms. The molecule has 2 aliphatic rings. The summed E-state index contributed by atoms with van der Waals surface area (Å²) in [7, 11) is -3.78. The molecule has 0 unspecified atom stereocenters. The second-order valence-corrected chi connectivity index (χ2v) is 7.92. The van der Waals surface area contributed by atoms with Crippen molar-refractivity contribution in [1.29, 1.82) is 0 Å². The van der Waals surface area contributed by atoms with Gasteiger partial charge in [0.1, 0.15) is 12.7 Å². The van der Waals surface area contributed by atoms with Crippen molar-refractivity contribution in [2.75, 3.05) is 12.9 Å². The van der Waals surface area contributed by atoms with E-state index in [0.29, 0.717) is 0 Å². The minimum Gasteiger partial charge on any atom is -0.457 e. The van der Waals surface area contributed by atoms with Gasteiger partial charge in [0.15, 0.2) is 30.4 Å². The first-order valence-electron chi connectivity index (χ1n) is 7.58. The summed E-state index contributed by atoms with van der Waals surface area (Å²) in [5.74, 6) is -2.22. The van der Waals surface area contributed by atoms with Crippen molar-refractivity contribution in [1.82, 2.24) is 0 Å². The maximum atomic E-state index is 11.4. The normalized spacial score (nSPS) is 32.0. The quantitative estimate of drug-likeness (QED) is 0.447. The highest BCUT2D eigenvalue weighted by Crippen LogP contribution is 2.40. The Hall–Kier alpha value is -1.27. The van der Waals surface area contributed by atoms with Gasteiger partial charge in [-0.15, -0.1) is 0 Å². The van der Waals surface area contributed by atoms with Gasteiger partial charge in [-0.1, -0.05) is 0 Å². The molecule has 5 atom stereocenters. The van der Waals surface area contributed by atoms with Crippen LogP contribution in [0.4, 0.5) is 0 Å². The molecule has 10 nitrogen and oxygen atoms in total. The van der Waals surface area contributed by atoms with Gasteiger partial charge in [-0.2, -0.15) is 8.42 Å². The zero-order chi connectivity index (χ0) is 19.0. The van der Waals surface area contributed by atoms with Crippen LogP contribution in [0.2, 0.25) is 0 Å². The van der Waals surface area contributed by atoms with Crippen molar-refractivity contribution in [3.05, 3.63) is 0 Å². The minimum absolute atomic E-state index is 0.496. The molecule has 0 aromatic carbocycles. The van der Waals surface area contributed by atoms with E-state index < -0.39 is 65.2 Å². The fourth-order valence-corrected chi connectivity index (χ4v) is 3.11. The van der Waals surface area contributed by atoms with Crippen molar-refractivity contribution in [3.8, 4) is 0 Å². The molecule has 2 fully saturated rings. The number of hydrogen-bond donors (Lipinski definition) is 0. The van der Waals surface area contributed by atoms with E-state index in [1.807, 2.05) is 0 Å². The summed E-state index contributed by atoms with van der Waals surface area (Å²) in [6.45, 7) is 5.21. The van der Waals surface area contributed by atoms with E-state index in [2.05, 4.69) is 0 Å². The summed E-state index contributed by atoms with van der Waals surface area (Å²) in [6, 6.07) is 0. The van der Waals surface area contributed by atoms with Crippen LogP contribution in [0, 0.1) is 0 Å². The first kappa shape index (κ1) is 20.0. The standard InChI is InChI=1S/C14H22O10S/c1-7(15)20-9(6-19-25(5,17)18)10-11(21-8(2)16)12-13(22-10)24-14(3,4)23-12/h9-13H,6H2,1-5H3/t9-,10+,11-,12+,13-/m1/s1. The third kappa shape index (κ3) is 5.35. The van der Waals surface area contributed by atoms with Gasteiger partial charge in [0.05, 0.1) is 6.26 Å². The van der Waals surface area contributed by atoms with Crippen molar-refractivity contribution >= 4 is 22.1 Å². The van der Waals surface area contributed by atoms with Crippen molar-refractivity contribution < 1.29 is 45.9 Å². The highest BCUT2D eigenvalue weighted by molar-refractivity contribution is 7.85. The predicted octanol–water partition coefficient (Wildman–Crippen LogP) is -0.298. The number of carbonyl (C=O) groups is 2. The van der Waals surface area contributed by atoms with Crippen LogP contribution in [0.1, 0.15) is 27.7 Å². The van der Waals surface area contributed by atoms with Crippen LogP contribution in [-0.4, -0.2) is 69.7 Å². The van der Waals surface area contributed by atoms with Crippen LogP contribution >= 0.6 is 0 Å². The molecule has 0 N–H and O–H groups in total. The molecular formula is C14H22O10S. The summed E-state index contributed by atoms with van der Waals surface area (Å²) < 4.78 is 54.5. The highest BCUT2D eigenvalue weighted by atomic mass is 32.2. The van der Waals surface area contributed by atoms with Gasteiger partial charge in [-0.3, -0.25) is 13.8 Å². The first-order chi connectivity index (χ1) is 11.4. The zero-order valence-electron chi connectivity index (χ0n) is 14.6. The largest absolute Gasteiger partial charge is 0.457 e. The maximum absolute atomic E-state index is 11.4. The van der Waals surface area contributed by atoms with Crippen LogP contribution in [0.3, 0.4) is 0 Å². The van der Waals surface area contributed by atoms with Crippen LogP contribution in [0.25, 0.3) is 0 Å². The lowest BCUT2D eigenvalue weighted by Gasteiger charge is -2.29. The molecule has 144 valence electrons. The molecule has 2 rings (SSSR count). The molecule has 11 heteroatoms. The number of fused-ring (bicyclic) bond motifs is 1. The molecule has 0 saturated carbocycles. The Morgan fingerprint density at radius 2 is 1.80 bits per heavy atom. The lowest BCUT2D eigenvalue weighted by Crippen LogP contribution is -2.47. The van der Waals surface area contributed by atoms with Crippen LogP contribution < -0.4 is 0 Å². The van der Waals surface area contributed by atoms with Crippen LogP contribution in [0.5, 0.6) is 0 Å². The predicted molar refractivity (Wildman–Crippen MR) is 80.6 cm³/mol. The first-order valence-corrected chi connectivity index (χ1v) is 9.39. The number of rotatable bonds is 6. The molecule has 25 heavy (non-hydrogen) atoms. The van der Waals surface area contributed by atoms with Gasteiger partial charge in [0.2, 0.25) is 0 Å². The highest BCUT2D eigenvalue weighted by Gasteiger charge is 2.59. The van der Waals surface area contributed by atoms with Gasteiger partial charge < -0.3 is 23.7 Å². The Labute approximate surface area is 145 Å². The van der Waals surface area contributed by atoms with Gasteiger partial charge in [-0.25, -0.2) is 0 Å². The molecule has 0 radical (unpaired) electrons. The summed E-state index contributed by atoms with van der Waals surface area (Å²) >= 11 is 0. The minimum atomic E-state index is -3.78. The Morgan fingerprint density at radius 3 is 2.32 bits per heavy atom. The van der Waals surface area contributed by atoms with Crippen LogP contribution in [-0.2, 0) is 47.6 Å². The monoisotopic (exact) mass is 382 g/mol. The molecule has 2 saturated heterocycles. The summed E-state index contributed by atoms with van der Waals surface area (Å²) in [5.41, 5.74) is 0. The van der Waals surface area contributed by atoms with Crippen molar-refractivity contribution in [3.63, 3.8) is 0 Å². The fraction of sp³-hybridized carbons (Fsp3) is 0.857. The molecular weight excluding hydrogens is 360 g/mol. The molecule has 0 aliphatic carbocycles. The number of esters is 2. The third-order valence-corrected chi connectivity index (χ3v) is 4.02. The average Bonchev–Trinajstić information content (AvgIpc) is 2.86. The number of ether oxygens (including phenoxy) is 5. The summed E-state index contributed by atoms with van der Waals surface area (Å²) in [6.07, 6.45) is -3.86. The number of carbonyl (C=O) groups excluding carboxylic acids is 2. The van der Waals surface area contributed by atoms with Crippen molar-refractivity contribution in [2.24, 2.45) is 0 Å². The number of hydrogen-bond acceptors (Lipinski definition) is 10. The molecule has 2 aliphatic heterocycles. The van der Waals surface area contributed by atoms with E-state index in [1.54, 1.807) is 13.8 Å². The van der Waals surface area contributed by atoms with E-state index in [9.17, 15) is 18.0 Å². The maximum Gasteiger partial charge on any atom is 0.303 e.